The Morgan fingerprint density at radius 2 is 1.79 bits per heavy atom. The molecule has 0 saturated carbocycles. The quantitative estimate of drug-likeness (QED) is 0.541. The van der Waals surface area contributed by atoms with Gasteiger partial charge in [-0.1, -0.05) is 5.21 Å². The third-order valence-electron chi connectivity index (χ3n) is 3.92. The molecule has 0 atom stereocenters. The summed E-state index contributed by atoms with van der Waals surface area (Å²) in [5.74, 6) is 0. The first kappa shape index (κ1) is 12.9. The van der Waals surface area contributed by atoms with Gasteiger partial charge in [0.2, 0.25) is 0 Å². The van der Waals surface area contributed by atoms with Gasteiger partial charge in [0.05, 0.1) is 28.7 Å². The number of H-pyrrole nitrogens is 1. The summed E-state index contributed by atoms with van der Waals surface area (Å²) in [7, 11) is 0. The Balaban J connectivity index is 1.71. The molecule has 5 aromatic rings. The minimum atomic E-state index is 0.711. The zero-order valence-electron chi connectivity index (χ0n) is 12.5. The minimum Gasteiger partial charge on any atom is -0.345 e. The van der Waals surface area contributed by atoms with E-state index in [1.54, 1.807) is 23.4 Å². The van der Waals surface area contributed by atoms with Crippen LogP contribution in [-0.2, 0) is 0 Å². The van der Waals surface area contributed by atoms with E-state index in [1.165, 1.54) is 0 Å². The molecule has 7 heteroatoms. The molecule has 0 unspecified atom stereocenters. The second-order valence-electron chi connectivity index (χ2n) is 5.38. The van der Waals surface area contributed by atoms with Gasteiger partial charge in [0.1, 0.15) is 5.52 Å². The lowest BCUT2D eigenvalue weighted by molar-refractivity contribution is 0.818. The number of pyridine rings is 2. The average molecular weight is 313 g/mol. The summed E-state index contributed by atoms with van der Waals surface area (Å²) in [5, 5.41) is 8.46. The molecule has 0 radical (unpaired) electrons. The van der Waals surface area contributed by atoms with Gasteiger partial charge in [0.15, 0.2) is 5.65 Å². The fourth-order valence-electron chi connectivity index (χ4n) is 2.72. The first-order valence-electron chi connectivity index (χ1n) is 7.45. The van der Waals surface area contributed by atoms with Crippen molar-refractivity contribution in [3.63, 3.8) is 0 Å². The van der Waals surface area contributed by atoms with Crippen LogP contribution in [0.4, 0.5) is 0 Å². The third kappa shape index (κ3) is 1.95. The van der Waals surface area contributed by atoms with E-state index < -0.39 is 0 Å². The van der Waals surface area contributed by atoms with E-state index in [4.69, 9.17) is 4.98 Å². The molecule has 24 heavy (non-hydrogen) atoms. The minimum absolute atomic E-state index is 0.711. The number of aromatic nitrogens is 7. The number of nitrogens with one attached hydrogen (secondary N) is 1. The molecule has 0 aliphatic carbocycles. The number of rotatable bonds is 2. The van der Waals surface area contributed by atoms with E-state index in [1.807, 2.05) is 42.5 Å². The number of benzene rings is 1. The largest absolute Gasteiger partial charge is 0.345 e. The zero-order chi connectivity index (χ0) is 15.9. The van der Waals surface area contributed by atoms with Crippen LogP contribution in [0.1, 0.15) is 0 Å². The zero-order valence-corrected chi connectivity index (χ0v) is 12.5. The van der Waals surface area contributed by atoms with Gasteiger partial charge >= 0.3 is 0 Å². The van der Waals surface area contributed by atoms with Crippen LogP contribution < -0.4 is 0 Å². The smallest absolute Gasteiger partial charge is 0.184 e. The molecule has 0 amide bonds. The van der Waals surface area contributed by atoms with Crippen molar-refractivity contribution in [2.45, 2.75) is 0 Å². The Hall–Kier alpha value is -3.61. The van der Waals surface area contributed by atoms with Crippen LogP contribution in [0.15, 0.2) is 61.2 Å². The molecular formula is C17H11N7. The van der Waals surface area contributed by atoms with Crippen molar-refractivity contribution in [1.82, 2.24) is 34.9 Å². The number of aromatic amines is 1. The number of hydrogen-bond donors (Lipinski definition) is 1. The predicted octanol–water partition coefficient (Wildman–Crippen LogP) is 2.75. The standard InChI is InChI=1S/C17H11N7/c1-2-14-16(20-10-19-14)9-12(1)24-17-15(22-23-24)4-3-13(21-17)11-5-7-18-8-6-11/h1-10H,(H,19,20). The molecule has 4 heterocycles. The van der Waals surface area contributed by atoms with Crippen molar-refractivity contribution in [1.29, 1.82) is 0 Å². The fourth-order valence-corrected chi connectivity index (χ4v) is 2.72. The van der Waals surface area contributed by atoms with Crippen LogP contribution in [-0.4, -0.2) is 34.9 Å². The topological polar surface area (TPSA) is 85.2 Å². The maximum Gasteiger partial charge on any atom is 0.184 e. The number of nitrogens with zero attached hydrogens (tertiary/aromatic N) is 6. The van der Waals surface area contributed by atoms with E-state index in [2.05, 4.69) is 25.3 Å². The van der Waals surface area contributed by atoms with Crippen molar-refractivity contribution >= 4 is 22.2 Å². The second-order valence-corrected chi connectivity index (χ2v) is 5.38. The third-order valence-corrected chi connectivity index (χ3v) is 3.92. The summed E-state index contributed by atoms with van der Waals surface area (Å²) in [5.41, 5.74) is 6.06. The van der Waals surface area contributed by atoms with Gasteiger partial charge in [-0.3, -0.25) is 4.98 Å². The Labute approximate surface area is 136 Å². The predicted molar refractivity (Wildman–Crippen MR) is 89.5 cm³/mol. The number of imidazole rings is 1. The Kier molecular flexibility index (Phi) is 2.66. The van der Waals surface area contributed by atoms with Crippen molar-refractivity contribution in [2.75, 3.05) is 0 Å². The van der Waals surface area contributed by atoms with E-state index in [0.29, 0.717) is 5.65 Å². The van der Waals surface area contributed by atoms with Gasteiger partial charge < -0.3 is 4.98 Å². The first-order valence-corrected chi connectivity index (χ1v) is 7.45. The fraction of sp³-hybridized carbons (Fsp3) is 0. The van der Waals surface area contributed by atoms with Crippen LogP contribution in [0, 0.1) is 0 Å². The van der Waals surface area contributed by atoms with Gasteiger partial charge in [-0.2, -0.15) is 4.68 Å². The molecule has 5 rings (SSSR count). The lowest BCUT2D eigenvalue weighted by Crippen LogP contribution is -1.98. The van der Waals surface area contributed by atoms with E-state index in [9.17, 15) is 0 Å². The normalized spacial score (nSPS) is 11.3. The Bertz CT molecular complexity index is 1160. The highest BCUT2D eigenvalue weighted by Gasteiger charge is 2.11. The van der Waals surface area contributed by atoms with Gasteiger partial charge in [-0.15, -0.1) is 5.10 Å². The van der Waals surface area contributed by atoms with Crippen molar-refractivity contribution in [3.8, 4) is 16.9 Å². The number of hydrogen-bond acceptors (Lipinski definition) is 5. The highest BCUT2D eigenvalue weighted by Crippen LogP contribution is 2.22. The molecule has 0 saturated heterocycles. The van der Waals surface area contributed by atoms with Crippen LogP contribution in [0.5, 0.6) is 0 Å². The van der Waals surface area contributed by atoms with Crippen LogP contribution in [0.25, 0.3) is 39.1 Å². The molecule has 0 fully saturated rings. The molecule has 0 aliphatic rings. The van der Waals surface area contributed by atoms with Crippen molar-refractivity contribution in [2.24, 2.45) is 0 Å². The second kappa shape index (κ2) is 4.95. The van der Waals surface area contributed by atoms with Gasteiger partial charge in [0.25, 0.3) is 0 Å². The highest BCUT2D eigenvalue weighted by atomic mass is 15.4. The van der Waals surface area contributed by atoms with Gasteiger partial charge in [-0.05, 0) is 42.5 Å². The SMILES string of the molecule is c1cc(-c2ccc3nnn(-c4ccc5nc[nH]c5c4)c3n2)ccn1. The lowest BCUT2D eigenvalue weighted by atomic mass is 10.2. The van der Waals surface area contributed by atoms with Crippen LogP contribution >= 0.6 is 0 Å². The van der Waals surface area contributed by atoms with Gasteiger partial charge in [0, 0.05) is 18.0 Å². The number of fused-ring (bicyclic) bond motifs is 2. The summed E-state index contributed by atoms with van der Waals surface area (Å²) in [6.45, 7) is 0. The summed E-state index contributed by atoms with van der Waals surface area (Å²) in [6, 6.07) is 13.6. The van der Waals surface area contributed by atoms with Gasteiger partial charge in [-0.25, -0.2) is 9.97 Å². The lowest BCUT2D eigenvalue weighted by Gasteiger charge is -2.04. The van der Waals surface area contributed by atoms with Crippen LogP contribution in [0.2, 0.25) is 0 Å². The molecule has 0 aliphatic heterocycles. The molecule has 4 aromatic heterocycles. The Morgan fingerprint density at radius 1 is 0.917 bits per heavy atom. The summed E-state index contributed by atoms with van der Waals surface area (Å²) < 4.78 is 1.74. The highest BCUT2D eigenvalue weighted by molar-refractivity contribution is 5.80. The molecule has 114 valence electrons. The first-order chi connectivity index (χ1) is 11.9. The van der Waals surface area contributed by atoms with Crippen LogP contribution in [0.3, 0.4) is 0 Å². The van der Waals surface area contributed by atoms with Crippen molar-refractivity contribution in [3.05, 3.63) is 61.2 Å². The average Bonchev–Trinajstić information content (AvgIpc) is 3.27. The summed E-state index contributed by atoms with van der Waals surface area (Å²) >= 11 is 0. The molecule has 1 N–H and O–H groups in total. The summed E-state index contributed by atoms with van der Waals surface area (Å²) in [4.78, 5) is 16.1. The maximum absolute atomic E-state index is 4.73. The molecule has 0 bridgehead atoms. The van der Waals surface area contributed by atoms with E-state index >= 15 is 0 Å². The monoisotopic (exact) mass is 313 g/mol. The molecule has 7 nitrogen and oxygen atoms in total. The molecule has 0 spiro atoms. The Morgan fingerprint density at radius 3 is 2.71 bits per heavy atom. The molecular weight excluding hydrogens is 302 g/mol. The van der Waals surface area contributed by atoms with E-state index in [-0.39, 0.29) is 0 Å². The summed E-state index contributed by atoms with van der Waals surface area (Å²) in [6.07, 6.45) is 5.18. The molecule has 1 aromatic carbocycles. The van der Waals surface area contributed by atoms with Crippen molar-refractivity contribution < 1.29 is 0 Å². The maximum atomic E-state index is 4.73. The van der Waals surface area contributed by atoms with E-state index in [0.717, 1.165) is 33.5 Å².